The van der Waals surface area contributed by atoms with Crippen molar-refractivity contribution in [1.82, 2.24) is 10.8 Å². The van der Waals surface area contributed by atoms with Crippen LogP contribution >= 0.6 is 0 Å². The second-order valence-corrected chi connectivity index (χ2v) is 7.97. The molecule has 5 unspecified atom stereocenters. The Labute approximate surface area is 165 Å². The van der Waals surface area contributed by atoms with Crippen LogP contribution in [0.3, 0.4) is 0 Å². The number of rotatable bonds is 11. The number of carbonyl (C=O) groups is 2. The van der Waals surface area contributed by atoms with E-state index in [0.29, 0.717) is 57.4 Å². The molecule has 0 radical (unpaired) electrons. The maximum absolute atomic E-state index is 12.3. The first-order valence-corrected chi connectivity index (χ1v) is 10.3. The highest BCUT2D eigenvalue weighted by Gasteiger charge is 2.38. The fourth-order valence-electron chi connectivity index (χ4n) is 4.29. The van der Waals surface area contributed by atoms with E-state index >= 15 is 0 Å². The predicted molar refractivity (Wildman–Crippen MR) is 100 cm³/mol. The molecule has 5 atom stereocenters. The molecule has 9 nitrogen and oxygen atoms in total. The number of amides is 1. The number of carboxylic acid groups (broad SMARTS) is 1. The molecule has 0 heterocycles. The fourth-order valence-corrected chi connectivity index (χ4v) is 4.29. The van der Waals surface area contributed by atoms with Crippen LogP contribution in [0.15, 0.2) is 0 Å². The Bertz CT molecular complexity index is 489. The van der Waals surface area contributed by atoms with Gasteiger partial charge in [0.2, 0.25) is 5.91 Å². The third kappa shape index (κ3) is 7.29. The average Bonchev–Trinajstić information content (AvgIpc) is 2.68. The van der Waals surface area contributed by atoms with Crippen LogP contribution in [0.4, 0.5) is 0 Å². The highest BCUT2D eigenvalue weighted by Crippen LogP contribution is 2.31. The van der Waals surface area contributed by atoms with Crippen molar-refractivity contribution < 1.29 is 34.8 Å². The molecule has 2 aliphatic rings. The molecular formula is C19H34N2O7. The van der Waals surface area contributed by atoms with E-state index in [1.54, 1.807) is 0 Å². The van der Waals surface area contributed by atoms with Crippen LogP contribution in [0, 0.1) is 23.7 Å². The van der Waals surface area contributed by atoms with Crippen LogP contribution in [0.5, 0.6) is 0 Å². The zero-order valence-electron chi connectivity index (χ0n) is 16.3. The van der Waals surface area contributed by atoms with Crippen molar-refractivity contribution >= 4 is 11.9 Å². The number of carbonyl (C=O) groups excluding carboxylic acids is 1. The largest absolute Gasteiger partial charge is 0.481 e. The van der Waals surface area contributed by atoms with E-state index in [0.717, 1.165) is 25.7 Å². The number of aliphatic hydroxyl groups is 1. The maximum Gasteiger partial charge on any atom is 0.307 e. The summed E-state index contributed by atoms with van der Waals surface area (Å²) in [6.45, 7) is 1.87. The van der Waals surface area contributed by atoms with Crippen molar-refractivity contribution in [3.05, 3.63) is 0 Å². The van der Waals surface area contributed by atoms with Gasteiger partial charge in [-0.3, -0.25) is 14.8 Å². The van der Waals surface area contributed by atoms with Crippen LogP contribution < -0.4 is 10.8 Å². The van der Waals surface area contributed by atoms with Crippen LogP contribution in [0.2, 0.25) is 0 Å². The van der Waals surface area contributed by atoms with Gasteiger partial charge < -0.3 is 20.4 Å². The molecule has 2 fully saturated rings. The highest BCUT2D eigenvalue weighted by atomic mass is 17.1. The Kier molecular flexibility index (Phi) is 10.1. The fraction of sp³-hybridized carbons (Fsp3) is 0.895. The number of hydroxylamine groups is 1. The molecule has 9 heteroatoms. The zero-order chi connectivity index (χ0) is 20.4. The van der Waals surface area contributed by atoms with Crippen LogP contribution in [0.25, 0.3) is 0 Å². The first kappa shape index (κ1) is 23.0. The third-order valence-corrected chi connectivity index (χ3v) is 5.99. The molecule has 1 amide bonds. The molecule has 0 aliphatic heterocycles. The molecule has 0 bridgehead atoms. The number of aliphatic hydroxyl groups excluding tert-OH is 1. The maximum atomic E-state index is 12.3. The van der Waals surface area contributed by atoms with E-state index in [1.165, 1.54) is 0 Å². The van der Waals surface area contributed by atoms with Gasteiger partial charge in [-0.15, -0.1) is 0 Å². The number of hydrogen-bond acceptors (Lipinski definition) is 7. The lowest BCUT2D eigenvalue weighted by atomic mass is 9.77. The van der Waals surface area contributed by atoms with Gasteiger partial charge >= 0.3 is 5.97 Å². The number of aliphatic carboxylic acids is 1. The summed E-state index contributed by atoms with van der Waals surface area (Å²) >= 11 is 0. The van der Waals surface area contributed by atoms with E-state index in [2.05, 4.69) is 15.7 Å². The predicted octanol–water partition coefficient (Wildman–Crippen LogP) is 1.17. The number of carboxylic acids is 1. The molecule has 162 valence electrons. The van der Waals surface area contributed by atoms with Crippen LogP contribution in [-0.2, 0) is 19.3 Å². The van der Waals surface area contributed by atoms with Gasteiger partial charge in [0.05, 0.1) is 31.2 Å². The van der Waals surface area contributed by atoms with E-state index in [4.69, 9.17) is 10.1 Å². The van der Waals surface area contributed by atoms with Crippen LogP contribution in [-0.4, -0.2) is 59.8 Å². The molecule has 0 aromatic heterocycles. The summed E-state index contributed by atoms with van der Waals surface area (Å²) in [5.74, 6) is -2.01. The Morgan fingerprint density at radius 1 is 0.964 bits per heavy atom. The Hall–Kier alpha value is -1.26. The molecule has 0 aromatic rings. The van der Waals surface area contributed by atoms with Crippen molar-refractivity contribution in [3.63, 3.8) is 0 Å². The standard InChI is InChI=1S/C19H34N2O7/c22-15-6-7-16(19(24)25)17(10-15)18(23)20-8-3-9-21-27-11-13-4-1-2-5-14(13)12-28-26/h13-17,21-22,26H,1-12H2,(H,20,23)(H,24,25). The van der Waals surface area contributed by atoms with Gasteiger partial charge in [-0.25, -0.2) is 10.4 Å². The lowest BCUT2D eigenvalue weighted by molar-refractivity contribution is -0.256. The van der Waals surface area contributed by atoms with Gasteiger partial charge in [-0.1, -0.05) is 12.8 Å². The van der Waals surface area contributed by atoms with Gasteiger partial charge in [0.1, 0.15) is 0 Å². The van der Waals surface area contributed by atoms with Gasteiger partial charge in [0.15, 0.2) is 0 Å². The molecule has 2 aliphatic carbocycles. The highest BCUT2D eigenvalue weighted by molar-refractivity contribution is 5.84. The van der Waals surface area contributed by atoms with E-state index in [1.807, 2.05) is 0 Å². The topological polar surface area (TPSA) is 137 Å². The molecule has 0 aromatic carbocycles. The summed E-state index contributed by atoms with van der Waals surface area (Å²) < 4.78 is 0. The summed E-state index contributed by atoms with van der Waals surface area (Å²) in [6, 6.07) is 0. The first-order valence-electron chi connectivity index (χ1n) is 10.3. The normalized spacial score (nSPS) is 30.7. The smallest absolute Gasteiger partial charge is 0.307 e. The third-order valence-electron chi connectivity index (χ3n) is 5.99. The summed E-state index contributed by atoms with van der Waals surface area (Å²) in [5, 5.41) is 30.4. The molecule has 28 heavy (non-hydrogen) atoms. The summed E-state index contributed by atoms with van der Waals surface area (Å²) in [7, 11) is 0. The first-order chi connectivity index (χ1) is 13.5. The Morgan fingerprint density at radius 2 is 1.68 bits per heavy atom. The van der Waals surface area contributed by atoms with Gasteiger partial charge in [-0.2, -0.15) is 0 Å². The summed E-state index contributed by atoms with van der Waals surface area (Å²) in [5.41, 5.74) is 2.89. The van der Waals surface area contributed by atoms with Crippen LogP contribution in [0.1, 0.15) is 51.4 Å². The molecule has 2 saturated carbocycles. The van der Waals surface area contributed by atoms with Crippen molar-refractivity contribution in [1.29, 1.82) is 0 Å². The lowest BCUT2D eigenvalue weighted by Crippen LogP contribution is -2.43. The average molecular weight is 402 g/mol. The van der Waals surface area contributed by atoms with E-state index < -0.39 is 23.9 Å². The molecule has 0 saturated heterocycles. The molecular weight excluding hydrogens is 368 g/mol. The minimum absolute atomic E-state index is 0.199. The second-order valence-electron chi connectivity index (χ2n) is 7.97. The lowest BCUT2D eigenvalue weighted by Gasteiger charge is -2.30. The van der Waals surface area contributed by atoms with Crippen molar-refractivity contribution in [2.24, 2.45) is 23.7 Å². The zero-order valence-corrected chi connectivity index (χ0v) is 16.3. The molecule has 2 rings (SSSR count). The molecule has 0 spiro atoms. The van der Waals surface area contributed by atoms with Gasteiger partial charge in [0, 0.05) is 13.1 Å². The minimum Gasteiger partial charge on any atom is -0.481 e. The van der Waals surface area contributed by atoms with Gasteiger partial charge in [-0.05, 0) is 50.4 Å². The Balaban J connectivity index is 1.58. The summed E-state index contributed by atoms with van der Waals surface area (Å²) in [4.78, 5) is 33.4. The Morgan fingerprint density at radius 3 is 2.36 bits per heavy atom. The number of nitrogens with one attached hydrogen (secondary N) is 2. The molecule has 5 N–H and O–H groups in total. The quantitative estimate of drug-likeness (QED) is 0.197. The SMILES string of the molecule is O=C(O)C1CCC(O)CC1C(=O)NCCCNOCC1CCCCC1COO. The minimum atomic E-state index is -0.977. The van der Waals surface area contributed by atoms with E-state index in [9.17, 15) is 19.8 Å². The van der Waals surface area contributed by atoms with E-state index in [-0.39, 0.29) is 12.3 Å². The van der Waals surface area contributed by atoms with Crippen molar-refractivity contribution in [2.45, 2.75) is 57.5 Å². The van der Waals surface area contributed by atoms with Crippen molar-refractivity contribution in [3.8, 4) is 0 Å². The number of hydrogen-bond donors (Lipinski definition) is 5. The van der Waals surface area contributed by atoms with Gasteiger partial charge in [0.25, 0.3) is 0 Å². The monoisotopic (exact) mass is 402 g/mol. The van der Waals surface area contributed by atoms with Crippen molar-refractivity contribution in [2.75, 3.05) is 26.3 Å². The summed E-state index contributed by atoms with van der Waals surface area (Å²) in [6.07, 6.45) is 5.39. The second kappa shape index (κ2) is 12.3.